The second-order valence-corrected chi connectivity index (χ2v) is 8.01. The molecule has 2 aliphatic rings. The predicted molar refractivity (Wildman–Crippen MR) is 109 cm³/mol. The number of phenols is 1. The average Bonchev–Trinajstić information content (AvgIpc) is 2.88. The Bertz CT molecular complexity index is 1000. The Hall–Kier alpha value is -2.49. The van der Waals surface area contributed by atoms with Gasteiger partial charge in [-0.15, -0.1) is 0 Å². The molecule has 1 saturated heterocycles. The van der Waals surface area contributed by atoms with Crippen molar-refractivity contribution >= 4 is 29.3 Å². The van der Waals surface area contributed by atoms with Crippen molar-refractivity contribution in [2.75, 3.05) is 26.2 Å². The third-order valence-electron chi connectivity index (χ3n) is 5.39. The van der Waals surface area contributed by atoms with Crippen LogP contribution in [0.25, 0.3) is 11.1 Å². The highest BCUT2D eigenvalue weighted by Crippen LogP contribution is 2.50. The van der Waals surface area contributed by atoms with Crippen LogP contribution in [0.4, 0.5) is 13.6 Å². The van der Waals surface area contributed by atoms with Gasteiger partial charge < -0.3 is 24.6 Å². The molecule has 2 aromatic rings. The molecule has 0 spiro atoms. The van der Waals surface area contributed by atoms with Crippen molar-refractivity contribution in [2.45, 2.75) is 19.2 Å². The van der Waals surface area contributed by atoms with Gasteiger partial charge in [-0.1, -0.05) is 29.3 Å². The van der Waals surface area contributed by atoms with E-state index in [0.29, 0.717) is 25.2 Å². The number of amides is 1. The lowest BCUT2D eigenvalue weighted by Crippen LogP contribution is -2.55. The second-order valence-electron chi connectivity index (χ2n) is 7.23. The van der Waals surface area contributed by atoms with Crippen LogP contribution in [-0.2, 0) is 6.54 Å². The maximum Gasteiger partial charge on any atom is 0.407 e. The van der Waals surface area contributed by atoms with Crippen LogP contribution in [-0.4, -0.2) is 65.0 Å². The molecule has 0 bridgehead atoms. The first-order chi connectivity index (χ1) is 14.8. The number of nitrogens with zero attached hydrogens (tertiary/aromatic N) is 2. The molecule has 31 heavy (non-hydrogen) atoms. The number of ether oxygens (including phenoxy) is 2. The fourth-order valence-electron chi connectivity index (χ4n) is 3.95. The molecular formula is C20H18Cl2F2N2O5. The SMILES string of the molecule is O=C(O)N1CCN2Cc3cc(OC(F)F)c(-c4c(O)cccc4Cl)c(Cl)c3OC[C@H]2C1. The summed E-state index contributed by atoms with van der Waals surface area (Å²) >= 11 is 12.8. The van der Waals surface area contributed by atoms with E-state index in [9.17, 15) is 23.8 Å². The fourth-order valence-corrected chi connectivity index (χ4v) is 4.57. The van der Waals surface area contributed by atoms with Gasteiger partial charge in [-0.2, -0.15) is 8.78 Å². The quantitative estimate of drug-likeness (QED) is 0.680. The van der Waals surface area contributed by atoms with Gasteiger partial charge in [0.1, 0.15) is 23.9 Å². The van der Waals surface area contributed by atoms with Crippen molar-refractivity contribution < 1.29 is 33.3 Å². The van der Waals surface area contributed by atoms with Crippen molar-refractivity contribution in [1.29, 1.82) is 0 Å². The monoisotopic (exact) mass is 474 g/mol. The van der Waals surface area contributed by atoms with Crippen molar-refractivity contribution in [3.8, 4) is 28.4 Å². The van der Waals surface area contributed by atoms with Crippen molar-refractivity contribution in [3.63, 3.8) is 0 Å². The van der Waals surface area contributed by atoms with E-state index in [4.69, 9.17) is 32.7 Å². The number of hydrogen-bond donors (Lipinski definition) is 2. The van der Waals surface area contributed by atoms with E-state index in [1.54, 1.807) is 0 Å². The summed E-state index contributed by atoms with van der Waals surface area (Å²) in [4.78, 5) is 14.6. The molecule has 2 aliphatic heterocycles. The van der Waals surface area contributed by atoms with Gasteiger partial charge in [0.25, 0.3) is 0 Å². The van der Waals surface area contributed by atoms with E-state index in [-0.39, 0.29) is 57.6 Å². The predicted octanol–water partition coefficient (Wildman–Crippen LogP) is 4.52. The normalized spacial score (nSPS) is 18.7. The van der Waals surface area contributed by atoms with Crippen LogP contribution in [0.1, 0.15) is 5.56 Å². The lowest BCUT2D eigenvalue weighted by molar-refractivity contribution is -0.0495. The summed E-state index contributed by atoms with van der Waals surface area (Å²) in [7, 11) is 0. The molecule has 166 valence electrons. The number of benzene rings is 2. The topological polar surface area (TPSA) is 82.5 Å². The summed E-state index contributed by atoms with van der Waals surface area (Å²) in [5, 5.41) is 19.7. The molecule has 2 N–H and O–H groups in total. The van der Waals surface area contributed by atoms with Gasteiger partial charge in [-0.05, 0) is 18.2 Å². The molecule has 1 fully saturated rings. The molecule has 4 rings (SSSR count). The van der Waals surface area contributed by atoms with Crippen LogP contribution in [0.2, 0.25) is 10.0 Å². The third-order valence-corrected chi connectivity index (χ3v) is 6.06. The summed E-state index contributed by atoms with van der Waals surface area (Å²) in [6.45, 7) is -1.65. The number of piperazine rings is 1. The Morgan fingerprint density at radius 3 is 2.71 bits per heavy atom. The molecule has 0 aromatic heterocycles. The minimum atomic E-state index is -3.13. The molecule has 0 saturated carbocycles. The lowest BCUT2D eigenvalue weighted by Gasteiger charge is -2.38. The molecule has 1 amide bonds. The number of hydrogen-bond acceptors (Lipinski definition) is 5. The Labute approximate surface area is 186 Å². The van der Waals surface area contributed by atoms with E-state index in [1.807, 2.05) is 4.90 Å². The van der Waals surface area contributed by atoms with Gasteiger partial charge >= 0.3 is 12.7 Å². The molecule has 0 unspecified atom stereocenters. The van der Waals surface area contributed by atoms with Gasteiger partial charge in [-0.3, -0.25) is 4.90 Å². The summed E-state index contributed by atoms with van der Waals surface area (Å²) in [5.74, 6) is -0.237. The standard InChI is InChI=1S/C20H18Cl2F2N2O5/c21-12-2-1-3-13(27)15(12)16-14(31-19(23)24)6-10-7-25-4-5-26(20(28)29)8-11(25)9-30-18(10)17(16)22/h1-3,6,11,19,27H,4-5,7-9H2,(H,28,29)/t11-/m1/s1. The Balaban J connectivity index is 1.80. The first-order valence-electron chi connectivity index (χ1n) is 9.39. The Kier molecular flexibility index (Phi) is 6.00. The first-order valence-corrected chi connectivity index (χ1v) is 10.1. The number of aromatic hydroxyl groups is 1. The zero-order valence-electron chi connectivity index (χ0n) is 16.0. The van der Waals surface area contributed by atoms with Gasteiger partial charge in [0.2, 0.25) is 0 Å². The molecule has 2 aromatic carbocycles. The molecule has 7 nitrogen and oxygen atoms in total. The number of rotatable bonds is 3. The lowest BCUT2D eigenvalue weighted by atomic mass is 9.99. The van der Waals surface area contributed by atoms with Crippen LogP contribution in [0.3, 0.4) is 0 Å². The van der Waals surface area contributed by atoms with Gasteiger partial charge in [0.05, 0.1) is 21.7 Å². The summed E-state index contributed by atoms with van der Waals surface area (Å²) in [6.07, 6.45) is -1.01. The molecule has 2 heterocycles. The average molecular weight is 475 g/mol. The highest BCUT2D eigenvalue weighted by molar-refractivity contribution is 6.38. The third kappa shape index (κ3) is 4.17. The van der Waals surface area contributed by atoms with E-state index in [0.717, 1.165) is 0 Å². The Morgan fingerprint density at radius 2 is 2.03 bits per heavy atom. The molecule has 0 aliphatic carbocycles. The van der Waals surface area contributed by atoms with E-state index in [2.05, 4.69) is 0 Å². The molecule has 0 radical (unpaired) electrons. The number of carbonyl (C=O) groups is 1. The Morgan fingerprint density at radius 1 is 1.26 bits per heavy atom. The van der Waals surface area contributed by atoms with Crippen LogP contribution in [0, 0.1) is 0 Å². The number of fused-ring (bicyclic) bond motifs is 2. The number of halogens is 4. The van der Waals surface area contributed by atoms with Gasteiger partial charge in [0.15, 0.2) is 0 Å². The van der Waals surface area contributed by atoms with Crippen LogP contribution < -0.4 is 9.47 Å². The van der Waals surface area contributed by atoms with E-state index < -0.39 is 12.7 Å². The van der Waals surface area contributed by atoms with Crippen molar-refractivity contribution in [3.05, 3.63) is 39.9 Å². The molecule has 11 heteroatoms. The highest BCUT2D eigenvalue weighted by atomic mass is 35.5. The summed E-state index contributed by atoms with van der Waals surface area (Å²) in [6, 6.07) is 5.53. The molecular weight excluding hydrogens is 457 g/mol. The maximum atomic E-state index is 13.2. The minimum absolute atomic E-state index is 0.00384. The fraction of sp³-hybridized carbons (Fsp3) is 0.350. The van der Waals surface area contributed by atoms with Gasteiger partial charge in [-0.25, -0.2) is 4.79 Å². The van der Waals surface area contributed by atoms with Crippen LogP contribution in [0.15, 0.2) is 24.3 Å². The summed E-state index contributed by atoms with van der Waals surface area (Å²) < 4.78 is 37.0. The van der Waals surface area contributed by atoms with E-state index >= 15 is 0 Å². The van der Waals surface area contributed by atoms with Gasteiger partial charge in [0, 0.05) is 37.3 Å². The van der Waals surface area contributed by atoms with Crippen LogP contribution in [0.5, 0.6) is 17.2 Å². The smallest absolute Gasteiger partial charge is 0.407 e. The first kappa shape index (κ1) is 21.7. The zero-order valence-corrected chi connectivity index (χ0v) is 17.5. The molecule has 1 atom stereocenters. The van der Waals surface area contributed by atoms with Crippen LogP contribution >= 0.6 is 23.2 Å². The highest BCUT2D eigenvalue weighted by Gasteiger charge is 2.35. The van der Waals surface area contributed by atoms with E-state index in [1.165, 1.54) is 29.2 Å². The summed E-state index contributed by atoms with van der Waals surface area (Å²) in [5.41, 5.74) is 0.563. The van der Waals surface area contributed by atoms with Crippen molar-refractivity contribution in [1.82, 2.24) is 9.80 Å². The number of carboxylic acid groups (broad SMARTS) is 1. The largest absolute Gasteiger partial charge is 0.507 e. The minimum Gasteiger partial charge on any atom is -0.507 e. The maximum absolute atomic E-state index is 13.2. The zero-order chi connectivity index (χ0) is 22.3. The van der Waals surface area contributed by atoms with Crippen molar-refractivity contribution in [2.24, 2.45) is 0 Å². The second kappa shape index (κ2) is 8.57. The number of alkyl halides is 2. The number of phenolic OH excluding ortho intramolecular Hbond substituents is 1.